The van der Waals surface area contributed by atoms with Crippen LogP contribution in [0.25, 0.3) is 16.9 Å². The van der Waals surface area contributed by atoms with Crippen LogP contribution in [0.15, 0.2) is 60.7 Å². The van der Waals surface area contributed by atoms with Crippen LogP contribution >= 0.6 is 0 Å². The van der Waals surface area contributed by atoms with E-state index in [0.717, 1.165) is 22.7 Å². The fourth-order valence-corrected chi connectivity index (χ4v) is 3.22. The van der Waals surface area contributed by atoms with E-state index >= 15 is 0 Å². The van der Waals surface area contributed by atoms with Crippen molar-refractivity contribution in [2.45, 2.75) is 33.2 Å². The van der Waals surface area contributed by atoms with Gasteiger partial charge in [0.2, 0.25) is 5.91 Å². The molecular formula is C25H31N5O3. The molecule has 0 aliphatic rings. The molecule has 1 aromatic heterocycles. The maximum absolute atomic E-state index is 12.9. The van der Waals surface area contributed by atoms with Gasteiger partial charge >= 0.3 is 6.03 Å². The van der Waals surface area contributed by atoms with Crippen LogP contribution < -0.4 is 15.4 Å². The van der Waals surface area contributed by atoms with E-state index in [1.165, 1.54) is 4.90 Å². The van der Waals surface area contributed by atoms with E-state index < -0.39 is 5.54 Å². The van der Waals surface area contributed by atoms with Gasteiger partial charge in [-0.15, -0.1) is 0 Å². The van der Waals surface area contributed by atoms with Gasteiger partial charge in [-0.05, 0) is 52.0 Å². The number of amides is 3. The summed E-state index contributed by atoms with van der Waals surface area (Å²) in [7, 11) is 1.61. The highest BCUT2D eigenvalue weighted by Crippen LogP contribution is 2.25. The second-order valence-electron chi connectivity index (χ2n) is 8.63. The molecule has 0 aliphatic heterocycles. The second kappa shape index (κ2) is 10.2. The van der Waals surface area contributed by atoms with Crippen molar-refractivity contribution in [1.29, 1.82) is 0 Å². The predicted octanol–water partition coefficient (Wildman–Crippen LogP) is 4.32. The topological polar surface area (TPSA) is 88.5 Å². The lowest BCUT2D eigenvalue weighted by Crippen LogP contribution is -2.50. The third-order valence-electron chi connectivity index (χ3n) is 4.85. The summed E-state index contributed by atoms with van der Waals surface area (Å²) in [6.45, 7) is 7.87. The number of nitrogens with one attached hydrogen (secondary N) is 2. The van der Waals surface area contributed by atoms with E-state index in [9.17, 15) is 9.59 Å². The Bertz CT molecular complexity index is 1090. The van der Waals surface area contributed by atoms with Crippen LogP contribution in [0.2, 0.25) is 0 Å². The Morgan fingerprint density at radius 1 is 1.06 bits per heavy atom. The number of methoxy groups -OCH3 is 1. The first-order valence-electron chi connectivity index (χ1n) is 10.9. The number of urea groups is 1. The summed E-state index contributed by atoms with van der Waals surface area (Å²) in [5.41, 5.74) is 2.03. The lowest BCUT2D eigenvalue weighted by molar-refractivity contribution is -0.116. The normalized spacial score (nSPS) is 11.1. The van der Waals surface area contributed by atoms with Crippen molar-refractivity contribution in [2.75, 3.05) is 25.5 Å². The van der Waals surface area contributed by atoms with Crippen LogP contribution in [0, 0.1) is 0 Å². The number of ether oxygens (including phenoxy) is 1. The summed E-state index contributed by atoms with van der Waals surface area (Å²) in [5, 5.41) is 10.5. The highest BCUT2D eigenvalue weighted by Gasteiger charge is 2.21. The van der Waals surface area contributed by atoms with E-state index in [1.807, 2.05) is 88.4 Å². The van der Waals surface area contributed by atoms with Crippen molar-refractivity contribution < 1.29 is 14.3 Å². The highest BCUT2D eigenvalue weighted by atomic mass is 16.5. The van der Waals surface area contributed by atoms with Crippen molar-refractivity contribution in [2.24, 2.45) is 0 Å². The minimum absolute atomic E-state index is 0.0765. The molecule has 2 N–H and O–H groups in total. The molecule has 3 aromatic rings. The van der Waals surface area contributed by atoms with Gasteiger partial charge in [0.05, 0.1) is 18.5 Å². The zero-order chi connectivity index (χ0) is 24.0. The number of benzene rings is 2. The smallest absolute Gasteiger partial charge is 0.318 e. The summed E-state index contributed by atoms with van der Waals surface area (Å²) in [4.78, 5) is 26.9. The average Bonchev–Trinajstić information content (AvgIpc) is 3.20. The molecule has 8 heteroatoms. The molecule has 1 heterocycles. The monoisotopic (exact) mass is 449 g/mol. The van der Waals surface area contributed by atoms with Gasteiger partial charge in [0.15, 0.2) is 0 Å². The fraction of sp³-hybridized carbons (Fsp3) is 0.320. The van der Waals surface area contributed by atoms with E-state index in [1.54, 1.807) is 11.8 Å². The zero-order valence-electron chi connectivity index (χ0n) is 19.8. The Morgan fingerprint density at radius 2 is 1.73 bits per heavy atom. The zero-order valence-corrected chi connectivity index (χ0v) is 19.8. The third-order valence-corrected chi connectivity index (χ3v) is 4.85. The number of aromatic nitrogens is 2. The lowest BCUT2D eigenvalue weighted by Gasteiger charge is -2.27. The molecule has 8 nitrogen and oxygen atoms in total. The molecule has 0 radical (unpaired) electrons. The Balaban J connectivity index is 1.86. The van der Waals surface area contributed by atoms with Gasteiger partial charge in [0.1, 0.15) is 18.1 Å². The molecule has 0 atom stereocenters. The van der Waals surface area contributed by atoms with Gasteiger partial charge in [0.25, 0.3) is 0 Å². The number of rotatable bonds is 7. The standard InChI is InChI=1S/C25H31N5O3/c1-6-29(24(32)27-25(2,3)4)17-23(31)26-22-16-21(18-10-8-7-9-11-18)28-30(22)19-12-14-20(33-5)15-13-19/h7-16H,6,17H2,1-5H3,(H,26,31)(H,27,32). The van der Waals surface area contributed by atoms with Crippen LogP contribution in [0.5, 0.6) is 5.75 Å². The van der Waals surface area contributed by atoms with Crippen molar-refractivity contribution in [1.82, 2.24) is 20.0 Å². The van der Waals surface area contributed by atoms with Crippen molar-refractivity contribution in [3.63, 3.8) is 0 Å². The maximum atomic E-state index is 12.9. The van der Waals surface area contributed by atoms with E-state index in [0.29, 0.717) is 12.4 Å². The Morgan fingerprint density at radius 3 is 2.30 bits per heavy atom. The van der Waals surface area contributed by atoms with Gasteiger partial charge < -0.3 is 20.3 Å². The first-order chi connectivity index (χ1) is 15.7. The second-order valence-corrected chi connectivity index (χ2v) is 8.63. The molecule has 0 bridgehead atoms. The summed E-state index contributed by atoms with van der Waals surface area (Å²) < 4.78 is 6.92. The van der Waals surface area contributed by atoms with Gasteiger partial charge in [-0.3, -0.25) is 4.79 Å². The third kappa shape index (κ3) is 6.35. The number of hydrogen-bond donors (Lipinski definition) is 2. The van der Waals surface area contributed by atoms with Crippen molar-refractivity contribution in [3.8, 4) is 22.7 Å². The quantitative estimate of drug-likeness (QED) is 0.562. The fourth-order valence-electron chi connectivity index (χ4n) is 3.22. The summed E-state index contributed by atoms with van der Waals surface area (Å²) in [5.74, 6) is 0.926. The predicted molar refractivity (Wildman–Crippen MR) is 130 cm³/mol. The molecule has 33 heavy (non-hydrogen) atoms. The molecule has 0 fully saturated rings. The summed E-state index contributed by atoms with van der Waals surface area (Å²) >= 11 is 0. The van der Waals surface area contributed by atoms with Crippen LogP contribution in [0.4, 0.5) is 10.6 Å². The molecule has 0 spiro atoms. The highest BCUT2D eigenvalue weighted by molar-refractivity contribution is 5.94. The molecule has 3 amide bonds. The molecule has 0 unspecified atom stereocenters. The van der Waals surface area contributed by atoms with E-state index in [2.05, 4.69) is 10.6 Å². The van der Waals surface area contributed by atoms with Crippen LogP contribution in [-0.4, -0.2) is 52.4 Å². The maximum Gasteiger partial charge on any atom is 0.318 e. The SMILES string of the molecule is CCN(CC(=O)Nc1cc(-c2ccccc2)nn1-c1ccc(OC)cc1)C(=O)NC(C)(C)C. The number of hydrogen-bond acceptors (Lipinski definition) is 4. The number of carbonyl (C=O) groups excluding carboxylic acids is 2. The van der Waals surface area contributed by atoms with E-state index in [-0.39, 0.29) is 18.5 Å². The van der Waals surface area contributed by atoms with Crippen LogP contribution in [0.3, 0.4) is 0 Å². The van der Waals surface area contributed by atoms with Crippen LogP contribution in [-0.2, 0) is 4.79 Å². The average molecular weight is 450 g/mol. The molecule has 0 aliphatic carbocycles. The minimum atomic E-state index is -0.390. The number of likely N-dealkylation sites (N-methyl/N-ethyl adjacent to an activating group) is 1. The van der Waals surface area contributed by atoms with Crippen molar-refractivity contribution >= 4 is 17.8 Å². The summed E-state index contributed by atoms with van der Waals surface area (Å²) in [6, 6.07) is 18.7. The summed E-state index contributed by atoms with van der Waals surface area (Å²) in [6.07, 6.45) is 0. The number of anilines is 1. The number of carbonyl (C=O) groups is 2. The minimum Gasteiger partial charge on any atom is -0.497 e. The Kier molecular flexibility index (Phi) is 7.37. The molecule has 0 saturated carbocycles. The molecule has 174 valence electrons. The first-order valence-corrected chi connectivity index (χ1v) is 10.9. The van der Waals surface area contributed by atoms with Gasteiger partial charge in [0, 0.05) is 23.7 Å². The first kappa shape index (κ1) is 23.8. The molecule has 0 saturated heterocycles. The van der Waals surface area contributed by atoms with E-state index in [4.69, 9.17) is 9.84 Å². The number of nitrogens with zero attached hydrogens (tertiary/aromatic N) is 3. The molecule has 3 rings (SSSR count). The van der Waals surface area contributed by atoms with Crippen LogP contribution in [0.1, 0.15) is 27.7 Å². The molecular weight excluding hydrogens is 418 g/mol. The molecule has 2 aromatic carbocycles. The van der Waals surface area contributed by atoms with Gasteiger partial charge in [-0.1, -0.05) is 30.3 Å². The van der Waals surface area contributed by atoms with Gasteiger partial charge in [-0.25, -0.2) is 9.48 Å². The Hall–Kier alpha value is -3.81. The van der Waals surface area contributed by atoms with Gasteiger partial charge in [-0.2, -0.15) is 5.10 Å². The Labute approximate surface area is 194 Å². The van der Waals surface area contributed by atoms with Crippen molar-refractivity contribution in [3.05, 3.63) is 60.7 Å². The lowest BCUT2D eigenvalue weighted by atomic mass is 10.1. The largest absolute Gasteiger partial charge is 0.497 e.